The second-order valence-corrected chi connectivity index (χ2v) is 6.17. The van der Waals surface area contributed by atoms with E-state index in [0.717, 1.165) is 11.1 Å². The Hall–Kier alpha value is -2.69. The van der Waals surface area contributed by atoms with Crippen molar-refractivity contribution in [3.05, 3.63) is 71.5 Å². The SMILES string of the molecule is O=C(O)[C@H](CC[C@H](Cc1ccc(F)cc1)C(=O)O)Cc1ccccc1. The first-order valence-corrected chi connectivity index (χ1v) is 8.19. The van der Waals surface area contributed by atoms with Crippen LogP contribution < -0.4 is 0 Å². The molecule has 2 N–H and O–H groups in total. The Morgan fingerprint density at radius 3 is 1.64 bits per heavy atom. The van der Waals surface area contributed by atoms with E-state index in [-0.39, 0.29) is 25.1 Å². The van der Waals surface area contributed by atoms with Crippen LogP contribution in [0, 0.1) is 17.7 Å². The predicted molar refractivity (Wildman–Crippen MR) is 91.7 cm³/mol. The molecule has 0 aromatic heterocycles. The van der Waals surface area contributed by atoms with Crippen LogP contribution in [-0.4, -0.2) is 22.2 Å². The molecule has 0 aliphatic rings. The molecule has 0 unspecified atom stereocenters. The molecule has 0 aliphatic heterocycles. The Kier molecular flexibility index (Phi) is 6.69. The Morgan fingerprint density at radius 1 is 0.760 bits per heavy atom. The van der Waals surface area contributed by atoms with E-state index in [2.05, 4.69) is 0 Å². The van der Waals surface area contributed by atoms with Crippen molar-refractivity contribution in [3.63, 3.8) is 0 Å². The Bertz CT molecular complexity index is 697. The highest BCUT2D eigenvalue weighted by atomic mass is 19.1. The molecule has 0 heterocycles. The van der Waals surface area contributed by atoms with Crippen molar-refractivity contribution >= 4 is 11.9 Å². The molecular weight excluding hydrogens is 323 g/mol. The number of halogens is 1. The van der Waals surface area contributed by atoms with Crippen LogP contribution in [0.1, 0.15) is 24.0 Å². The van der Waals surface area contributed by atoms with E-state index < -0.39 is 23.8 Å². The quantitative estimate of drug-likeness (QED) is 0.726. The van der Waals surface area contributed by atoms with Crippen molar-refractivity contribution < 1.29 is 24.2 Å². The first-order chi connectivity index (χ1) is 12.0. The molecule has 0 saturated carbocycles. The van der Waals surface area contributed by atoms with Crippen molar-refractivity contribution in [2.75, 3.05) is 0 Å². The van der Waals surface area contributed by atoms with Crippen molar-refractivity contribution in [2.45, 2.75) is 25.7 Å². The third-order valence-corrected chi connectivity index (χ3v) is 4.28. The molecule has 4 nitrogen and oxygen atoms in total. The first kappa shape index (κ1) is 18.6. The van der Waals surface area contributed by atoms with E-state index in [4.69, 9.17) is 0 Å². The number of rotatable bonds is 9. The largest absolute Gasteiger partial charge is 0.481 e. The Morgan fingerprint density at radius 2 is 1.20 bits per heavy atom. The number of aliphatic carboxylic acids is 2. The average molecular weight is 344 g/mol. The van der Waals surface area contributed by atoms with Gasteiger partial charge in [0.05, 0.1) is 11.8 Å². The topological polar surface area (TPSA) is 74.6 Å². The van der Waals surface area contributed by atoms with E-state index in [0.29, 0.717) is 6.42 Å². The molecule has 2 aromatic rings. The molecule has 2 rings (SSSR count). The summed E-state index contributed by atoms with van der Waals surface area (Å²) < 4.78 is 13.0. The molecule has 0 fully saturated rings. The van der Waals surface area contributed by atoms with Crippen molar-refractivity contribution in [2.24, 2.45) is 11.8 Å². The fourth-order valence-corrected chi connectivity index (χ4v) is 2.83. The highest BCUT2D eigenvalue weighted by Gasteiger charge is 2.24. The maximum absolute atomic E-state index is 13.0. The number of carboxylic acids is 2. The number of hydrogen-bond acceptors (Lipinski definition) is 2. The van der Waals surface area contributed by atoms with Gasteiger partial charge >= 0.3 is 11.9 Å². The fraction of sp³-hybridized carbons (Fsp3) is 0.300. The van der Waals surface area contributed by atoms with Crippen LogP contribution >= 0.6 is 0 Å². The average Bonchev–Trinajstić information content (AvgIpc) is 2.59. The van der Waals surface area contributed by atoms with Gasteiger partial charge in [0.2, 0.25) is 0 Å². The van der Waals surface area contributed by atoms with Crippen LogP contribution in [0.15, 0.2) is 54.6 Å². The van der Waals surface area contributed by atoms with E-state index in [1.807, 2.05) is 30.3 Å². The zero-order valence-corrected chi connectivity index (χ0v) is 13.8. The first-order valence-electron chi connectivity index (χ1n) is 8.19. The Balaban J connectivity index is 1.98. The number of hydrogen-bond donors (Lipinski definition) is 2. The second kappa shape index (κ2) is 8.97. The summed E-state index contributed by atoms with van der Waals surface area (Å²) in [5.41, 5.74) is 1.64. The molecule has 0 spiro atoms. The normalized spacial score (nSPS) is 13.2. The van der Waals surface area contributed by atoms with Gasteiger partial charge in [0.1, 0.15) is 5.82 Å². The lowest BCUT2D eigenvalue weighted by atomic mass is 9.88. The second-order valence-electron chi connectivity index (χ2n) is 6.17. The minimum absolute atomic E-state index is 0.257. The minimum atomic E-state index is -0.965. The van der Waals surface area contributed by atoms with Gasteiger partial charge in [-0.25, -0.2) is 4.39 Å². The molecule has 25 heavy (non-hydrogen) atoms. The van der Waals surface area contributed by atoms with Gasteiger partial charge in [-0.1, -0.05) is 42.5 Å². The zero-order chi connectivity index (χ0) is 18.2. The van der Waals surface area contributed by atoms with Crippen LogP contribution in [-0.2, 0) is 22.4 Å². The van der Waals surface area contributed by atoms with Crippen LogP contribution in [0.4, 0.5) is 4.39 Å². The molecule has 0 aliphatic carbocycles. The highest BCUT2D eigenvalue weighted by molar-refractivity contribution is 5.72. The standard InChI is InChI=1S/C20H21FO4/c21-18-10-6-15(7-11-18)13-17(20(24)25)9-8-16(19(22)23)12-14-4-2-1-3-5-14/h1-7,10-11,16-17H,8-9,12-13H2,(H,22,23)(H,24,25)/t16-,17-/m1/s1. The lowest BCUT2D eigenvalue weighted by Crippen LogP contribution is -2.22. The van der Waals surface area contributed by atoms with Gasteiger partial charge in [-0.15, -0.1) is 0 Å². The third-order valence-electron chi connectivity index (χ3n) is 4.28. The van der Waals surface area contributed by atoms with Crippen molar-refractivity contribution in [1.82, 2.24) is 0 Å². The molecule has 2 aromatic carbocycles. The summed E-state index contributed by atoms with van der Waals surface area (Å²) in [5, 5.41) is 18.8. The molecular formula is C20H21FO4. The minimum Gasteiger partial charge on any atom is -0.481 e. The monoisotopic (exact) mass is 344 g/mol. The molecule has 132 valence electrons. The lowest BCUT2D eigenvalue weighted by Gasteiger charge is -2.16. The molecule has 0 radical (unpaired) electrons. The van der Waals surface area contributed by atoms with E-state index in [1.165, 1.54) is 12.1 Å². The molecule has 0 bridgehead atoms. The maximum atomic E-state index is 13.0. The molecule has 2 atom stereocenters. The molecule has 0 amide bonds. The van der Waals surface area contributed by atoms with Gasteiger partial charge in [0, 0.05) is 0 Å². The third kappa shape index (κ3) is 6.03. The van der Waals surface area contributed by atoms with Gasteiger partial charge in [-0.2, -0.15) is 0 Å². The van der Waals surface area contributed by atoms with Crippen molar-refractivity contribution in [3.8, 4) is 0 Å². The summed E-state index contributed by atoms with van der Waals surface area (Å²) >= 11 is 0. The van der Waals surface area contributed by atoms with E-state index in [1.54, 1.807) is 12.1 Å². The number of benzene rings is 2. The van der Waals surface area contributed by atoms with Gasteiger partial charge < -0.3 is 10.2 Å². The summed E-state index contributed by atoms with van der Waals surface area (Å²) in [7, 11) is 0. The molecule has 5 heteroatoms. The summed E-state index contributed by atoms with van der Waals surface area (Å²) in [6, 6.07) is 15.0. The molecule has 0 saturated heterocycles. The number of carbonyl (C=O) groups is 2. The van der Waals surface area contributed by atoms with Crippen LogP contribution in [0.2, 0.25) is 0 Å². The Labute approximate surface area is 145 Å². The van der Waals surface area contributed by atoms with E-state index >= 15 is 0 Å². The van der Waals surface area contributed by atoms with Crippen molar-refractivity contribution in [1.29, 1.82) is 0 Å². The van der Waals surface area contributed by atoms with Crippen LogP contribution in [0.5, 0.6) is 0 Å². The maximum Gasteiger partial charge on any atom is 0.306 e. The summed E-state index contributed by atoms with van der Waals surface area (Å²) in [6.45, 7) is 0. The fourth-order valence-electron chi connectivity index (χ4n) is 2.83. The summed E-state index contributed by atoms with van der Waals surface area (Å²) in [5.74, 6) is -3.58. The highest BCUT2D eigenvalue weighted by Crippen LogP contribution is 2.21. The summed E-state index contributed by atoms with van der Waals surface area (Å²) in [4.78, 5) is 23.0. The predicted octanol–water partition coefficient (Wildman–Crippen LogP) is 3.79. The lowest BCUT2D eigenvalue weighted by molar-refractivity contribution is -0.145. The zero-order valence-electron chi connectivity index (χ0n) is 13.8. The van der Waals surface area contributed by atoms with Gasteiger partial charge in [0.15, 0.2) is 0 Å². The van der Waals surface area contributed by atoms with Gasteiger partial charge in [-0.05, 0) is 48.9 Å². The van der Waals surface area contributed by atoms with Crippen LogP contribution in [0.3, 0.4) is 0 Å². The van der Waals surface area contributed by atoms with Gasteiger partial charge in [-0.3, -0.25) is 9.59 Å². The number of carboxylic acid groups (broad SMARTS) is 2. The van der Waals surface area contributed by atoms with Gasteiger partial charge in [0.25, 0.3) is 0 Å². The summed E-state index contributed by atoms with van der Waals surface area (Å²) in [6.07, 6.45) is 1.17. The smallest absolute Gasteiger partial charge is 0.306 e. The van der Waals surface area contributed by atoms with Crippen LogP contribution in [0.25, 0.3) is 0 Å². The van der Waals surface area contributed by atoms with E-state index in [9.17, 15) is 24.2 Å².